The van der Waals surface area contributed by atoms with Gasteiger partial charge in [-0.25, -0.2) is 4.79 Å². The zero-order valence-corrected chi connectivity index (χ0v) is 12.8. The third kappa shape index (κ3) is 4.90. The third-order valence-electron chi connectivity index (χ3n) is 2.89. The van der Waals surface area contributed by atoms with Crippen molar-refractivity contribution in [3.63, 3.8) is 0 Å². The molecule has 0 aromatic heterocycles. The van der Waals surface area contributed by atoms with E-state index in [1.165, 1.54) is 5.56 Å². The van der Waals surface area contributed by atoms with Crippen LogP contribution >= 0.6 is 9.03 Å². The zero-order chi connectivity index (χ0) is 14.5. The number of carbonyl (C=O) groups excluding carboxylic acids is 1. The van der Waals surface area contributed by atoms with Crippen molar-refractivity contribution >= 4 is 33.9 Å². The number of hydrogen-bond donors (Lipinski definition) is 0. The van der Waals surface area contributed by atoms with Gasteiger partial charge in [0.15, 0.2) is 0 Å². The van der Waals surface area contributed by atoms with Gasteiger partial charge in [0.2, 0.25) is 0 Å². The Kier molecular flexibility index (Phi) is 6.98. The minimum atomic E-state index is -0.369. The van der Waals surface area contributed by atoms with Gasteiger partial charge in [-0.15, -0.1) is 0 Å². The van der Waals surface area contributed by atoms with Crippen molar-refractivity contribution in [1.29, 1.82) is 0 Å². The van der Waals surface area contributed by atoms with Crippen LogP contribution in [-0.2, 0) is 4.52 Å². The molecule has 106 valence electrons. The first-order valence-corrected chi connectivity index (χ1v) is 7.15. The summed E-state index contributed by atoms with van der Waals surface area (Å²) in [5.41, 5.74) is 3.81. The molecule has 0 spiro atoms. The molecule has 0 heterocycles. The Labute approximate surface area is 139 Å². The van der Waals surface area contributed by atoms with Gasteiger partial charge in [-0.05, 0) is 44.0 Å². The molecule has 2 aromatic rings. The van der Waals surface area contributed by atoms with E-state index in [1.54, 1.807) is 24.3 Å². The number of hydrogen-bond acceptors (Lipinski definition) is 3. The summed E-state index contributed by atoms with van der Waals surface area (Å²) >= 11 is 0. The van der Waals surface area contributed by atoms with Crippen LogP contribution in [0.1, 0.15) is 27.0 Å². The molecule has 3 nitrogen and oxygen atoms in total. The van der Waals surface area contributed by atoms with Crippen LogP contribution in [0, 0.1) is 20.8 Å². The summed E-state index contributed by atoms with van der Waals surface area (Å²) < 4.78 is 10.7. The van der Waals surface area contributed by atoms with Crippen molar-refractivity contribution in [2.75, 3.05) is 0 Å². The van der Waals surface area contributed by atoms with Gasteiger partial charge < -0.3 is 9.05 Å². The van der Waals surface area contributed by atoms with Crippen molar-refractivity contribution in [3.05, 3.63) is 64.7 Å². The molecule has 2 aromatic carbocycles. The van der Waals surface area contributed by atoms with Crippen molar-refractivity contribution in [2.24, 2.45) is 0 Å². The monoisotopic (exact) mass is 296 g/mol. The Bertz CT molecular complexity index is 591. The Morgan fingerprint density at radius 3 is 2.14 bits per heavy atom. The van der Waals surface area contributed by atoms with E-state index in [1.807, 2.05) is 39.0 Å². The van der Waals surface area contributed by atoms with Gasteiger partial charge in [0, 0.05) is 0 Å². The molecule has 1 atom stereocenters. The molecule has 0 saturated carbocycles. The van der Waals surface area contributed by atoms with Crippen LogP contribution in [0.5, 0.6) is 5.75 Å². The van der Waals surface area contributed by atoms with Crippen LogP contribution in [0.4, 0.5) is 0 Å². The molecular weight excluding hydrogens is 278 g/mol. The molecule has 21 heavy (non-hydrogen) atoms. The van der Waals surface area contributed by atoms with Crippen LogP contribution in [0.2, 0.25) is 0 Å². The average molecular weight is 296 g/mol. The number of carbonyl (C=O) groups is 1. The summed E-state index contributed by atoms with van der Waals surface area (Å²) in [5.74, 6) is 0.418. The first kappa shape index (κ1) is 17.8. The van der Waals surface area contributed by atoms with Crippen LogP contribution in [0.3, 0.4) is 0 Å². The number of aryl methyl sites for hydroxylation is 3. The SMILES string of the molecule is Cc1cc(C)c(OPOC(=O)c2ccccc2)c(C)c1.[LiH]. The van der Waals surface area contributed by atoms with Gasteiger partial charge in [-0.1, -0.05) is 35.9 Å². The fourth-order valence-corrected chi connectivity index (χ4v) is 2.70. The second-order valence-electron chi connectivity index (χ2n) is 4.67. The first-order chi connectivity index (χ1) is 9.58. The molecule has 0 radical (unpaired) electrons. The van der Waals surface area contributed by atoms with E-state index in [2.05, 4.69) is 0 Å². The maximum atomic E-state index is 11.8. The summed E-state index contributed by atoms with van der Waals surface area (Å²) in [4.78, 5) is 11.8. The zero-order valence-electron chi connectivity index (χ0n) is 11.8. The van der Waals surface area contributed by atoms with E-state index in [0.717, 1.165) is 16.9 Å². The molecule has 0 N–H and O–H groups in total. The summed E-state index contributed by atoms with van der Waals surface area (Å²) in [7, 11) is -0.344. The van der Waals surface area contributed by atoms with Gasteiger partial charge in [-0.3, -0.25) is 0 Å². The van der Waals surface area contributed by atoms with Crippen LogP contribution < -0.4 is 4.52 Å². The fraction of sp³-hybridized carbons (Fsp3) is 0.188. The van der Waals surface area contributed by atoms with Crippen molar-refractivity contribution in [3.8, 4) is 5.75 Å². The predicted molar refractivity (Wildman–Crippen MR) is 88.6 cm³/mol. The maximum absolute atomic E-state index is 11.8. The number of benzene rings is 2. The normalized spacial score (nSPS) is 10.2. The van der Waals surface area contributed by atoms with Gasteiger partial charge in [0.1, 0.15) is 5.75 Å². The summed E-state index contributed by atoms with van der Waals surface area (Å²) in [6, 6.07) is 13.0. The van der Waals surface area contributed by atoms with E-state index < -0.39 is 0 Å². The van der Waals surface area contributed by atoms with Gasteiger partial charge in [-0.2, -0.15) is 0 Å². The quantitative estimate of drug-likeness (QED) is 0.637. The molecule has 1 unspecified atom stereocenters. The van der Waals surface area contributed by atoms with Crippen LogP contribution in [0.15, 0.2) is 42.5 Å². The summed E-state index contributed by atoms with van der Waals surface area (Å²) in [5, 5.41) is 0. The van der Waals surface area contributed by atoms with Crippen molar-refractivity contribution in [1.82, 2.24) is 0 Å². The second kappa shape index (κ2) is 8.25. The van der Waals surface area contributed by atoms with Crippen LogP contribution in [-0.4, -0.2) is 24.8 Å². The van der Waals surface area contributed by atoms with Gasteiger partial charge in [0.05, 0.1) is 5.56 Å². The first-order valence-electron chi connectivity index (χ1n) is 6.34. The molecule has 0 bridgehead atoms. The fourth-order valence-electron chi connectivity index (χ4n) is 2.06. The van der Waals surface area contributed by atoms with E-state index in [-0.39, 0.29) is 33.9 Å². The molecule has 0 amide bonds. The van der Waals surface area contributed by atoms with Crippen LogP contribution in [0.25, 0.3) is 0 Å². The van der Waals surface area contributed by atoms with E-state index in [4.69, 9.17) is 9.05 Å². The van der Waals surface area contributed by atoms with E-state index in [0.29, 0.717) is 5.56 Å². The Balaban J connectivity index is 0.00000220. The molecule has 0 fully saturated rings. The van der Waals surface area contributed by atoms with Crippen molar-refractivity contribution in [2.45, 2.75) is 20.8 Å². The molecule has 0 saturated heterocycles. The predicted octanol–water partition coefficient (Wildman–Crippen LogP) is 3.71. The number of rotatable bonds is 4. The third-order valence-corrected chi connectivity index (χ3v) is 3.45. The molecule has 2 rings (SSSR count). The molecule has 0 aliphatic rings. The summed E-state index contributed by atoms with van der Waals surface area (Å²) in [6.45, 7) is 6.01. The van der Waals surface area contributed by atoms with E-state index in [9.17, 15) is 4.79 Å². The van der Waals surface area contributed by atoms with Crippen molar-refractivity contribution < 1.29 is 13.8 Å². The average Bonchev–Trinajstić information content (AvgIpc) is 2.42. The van der Waals surface area contributed by atoms with E-state index >= 15 is 0 Å². The Morgan fingerprint density at radius 2 is 1.57 bits per heavy atom. The Morgan fingerprint density at radius 1 is 1.00 bits per heavy atom. The van der Waals surface area contributed by atoms with Gasteiger partial charge >= 0.3 is 24.8 Å². The molecular formula is C16H18LiO3P. The minimum absolute atomic E-state index is 0. The molecule has 0 aliphatic carbocycles. The van der Waals surface area contributed by atoms with Gasteiger partial charge in [0.25, 0.3) is 9.03 Å². The molecule has 0 aliphatic heterocycles. The molecule has 5 heteroatoms. The summed E-state index contributed by atoms with van der Waals surface area (Å²) in [6.07, 6.45) is 0. The Hall–Kier alpha value is -1.26. The second-order valence-corrected chi connectivity index (χ2v) is 5.24. The standard InChI is InChI=1S/C16H17O3P.Li.H/c1-11-9-12(2)15(13(3)10-11)18-20-19-16(17)14-7-5-4-6-8-14;;/h4-10,20H,1-3H3;;. The topological polar surface area (TPSA) is 35.5 Å².